The fourth-order valence-corrected chi connectivity index (χ4v) is 1.01. The first kappa shape index (κ1) is 5.53. The van der Waals surface area contributed by atoms with Gasteiger partial charge in [0.2, 0.25) is 0 Å². The van der Waals surface area contributed by atoms with Gasteiger partial charge in [-0.2, -0.15) is 0 Å². The van der Waals surface area contributed by atoms with Crippen molar-refractivity contribution in [2.24, 2.45) is 15.0 Å². The van der Waals surface area contributed by atoms with E-state index in [1.54, 1.807) is 18.6 Å². The molecule has 2 aliphatic heterocycles. The smallest absolute Gasteiger partial charge is 0.111 e. The minimum Gasteiger partial charge on any atom is -0.290 e. The first-order valence-corrected chi connectivity index (χ1v) is 3.22. The van der Waals surface area contributed by atoms with Crippen LogP contribution in [-0.4, -0.2) is 31.2 Å². The zero-order chi connectivity index (χ0) is 6.81. The molecule has 2 aliphatic rings. The minimum atomic E-state index is 0.190. The second kappa shape index (κ2) is 2.17. The molecule has 2 heterocycles. The minimum absolute atomic E-state index is 0.190. The molecule has 0 saturated heterocycles. The molecule has 3 heteroatoms. The fraction of sp³-hybridized carbons (Fsp3) is 0.286. The molecule has 10 heavy (non-hydrogen) atoms. The van der Waals surface area contributed by atoms with Crippen LogP contribution in [0.25, 0.3) is 0 Å². The number of rotatable bonds is 0. The molecule has 0 N–H and O–H groups in total. The van der Waals surface area contributed by atoms with E-state index < -0.39 is 0 Å². The summed E-state index contributed by atoms with van der Waals surface area (Å²) in [6.45, 7) is 0.750. The van der Waals surface area contributed by atoms with E-state index in [-0.39, 0.29) is 6.04 Å². The zero-order valence-corrected chi connectivity index (χ0v) is 5.44. The molecule has 0 radical (unpaired) electrons. The number of allylic oxidation sites excluding steroid dienone is 1. The predicted octanol–water partition coefficient (Wildman–Crippen LogP) is 0.479. The van der Waals surface area contributed by atoms with Crippen LogP contribution in [0.5, 0.6) is 0 Å². The monoisotopic (exact) mass is 133 g/mol. The Morgan fingerprint density at radius 3 is 3.20 bits per heavy atom. The predicted molar refractivity (Wildman–Crippen MR) is 42.2 cm³/mol. The van der Waals surface area contributed by atoms with Gasteiger partial charge in [0.05, 0.1) is 12.2 Å². The van der Waals surface area contributed by atoms with Crippen molar-refractivity contribution in [3.05, 3.63) is 11.8 Å². The molecule has 0 bridgehead atoms. The Kier molecular flexibility index (Phi) is 1.20. The van der Waals surface area contributed by atoms with Gasteiger partial charge in [0, 0.05) is 18.6 Å². The largest absolute Gasteiger partial charge is 0.290 e. The Bertz CT molecular complexity index is 248. The maximum atomic E-state index is 4.20. The Labute approximate surface area is 58.9 Å². The Morgan fingerprint density at radius 2 is 2.30 bits per heavy atom. The van der Waals surface area contributed by atoms with Crippen molar-refractivity contribution >= 4 is 18.6 Å². The first-order valence-electron chi connectivity index (χ1n) is 3.22. The molecule has 2 rings (SSSR count). The van der Waals surface area contributed by atoms with Gasteiger partial charge < -0.3 is 0 Å². The highest BCUT2D eigenvalue weighted by molar-refractivity contribution is 6.17. The Balaban J connectivity index is 2.34. The van der Waals surface area contributed by atoms with Crippen molar-refractivity contribution in [3.63, 3.8) is 0 Å². The highest BCUT2D eigenvalue weighted by atomic mass is 15.0. The van der Waals surface area contributed by atoms with Crippen molar-refractivity contribution in [3.8, 4) is 0 Å². The summed E-state index contributed by atoms with van der Waals surface area (Å²) in [6, 6.07) is 0.190. The summed E-state index contributed by atoms with van der Waals surface area (Å²) in [5.41, 5.74) is 1.03. The average molecular weight is 133 g/mol. The second-order valence-electron chi connectivity index (χ2n) is 2.20. The summed E-state index contributed by atoms with van der Waals surface area (Å²) in [5.74, 6) is 0. The molecule has 0 spiro atoms. The van der Waals surface area contributed by atoms with Crippen LogP contribution in [0.2, 0.25) is 0 Å². The van der Waals surface area contributed by atoms with Gasteiger partial charge in [0.15, 0.2) is 0 Å². The summed E-state index contributed by atoms with van der Waals surface area (Å²) in [6.07, 6.45) is 7.12. The van der Waals surface area contributed by atoms with E-state index in [1.165, 1.54) is 0 Å². The SMILES string of the molecule is C1=NCC2N=CC=NC2=C1. The van der Waals surface area contributed by atoms with Gasteiger partial charge in [-0.1, -0.05) is 0 Å². The molecule has 0 aliphatic carbocycles. The van der Waals surface area contributed by atoms with Gasteiger partial charge in [-0.3, -0.25) is 15.0 Å². The van der Waals surface area contributed by atoms with Crippen LogP contribution in [0.15, 0.2) is 26.8 Å². The molecule has 50 valence electrons. The highest BCUT2D eigenvalue weighted by Gasteiger charge is 2.14. The van der Waals surface area contributed by atoms with Gasteiger partial charge >= 0.3 is 0 Å². The third kappa shape index (κ3) is 0.795. The molecule has 0 amide bonds. The maximum Gasteiger partial charge on any atom is 0.111 e. The number of fused-ring (bicyclic) bond motifs is 1. The molecular formula is C7H7N3. The molecule has 1 unspecified atom stereocenters. The zero-order valence-electron chi connectivity index (χ0n) is 5.44. The molecular weight excluding hydrogens is 126 g/mol. The van der Waals surface area contributed by atoms with Gasteiger partial charge in [-0.25, -0.2) is 0 Å². The van der Waals surface area contributed by atoms with Crippen molar-refractivity contribution < 1.29 is 0 Å². The van der Waals surface area contributed by atoms with Crippen molar-refractivity contribution in [2.75, 3.05) is 6.54 Å². The molecule has 0 aromatic rings. The Morgan fingerprint density at radius 1 is 1.30 bits per heavy atom. The number of nitrogens with zero attached hydrogens (tertiary/aromatic N) is 3. The first-order chi connectivity index (χ1) is 4.97. The normalized spacial score (nSPS) is 28.0. The summed E-state index contributed by atoms with van der Waals surface area (Å²) < 4.78 is 0. The van der Waals surface area contributed by atoms with E-state index in [0.29, 0.717) is 0 Å². The van der Waals surface area contributed by atoms with Gasteiger partial charge in [0.1, 0.15) is 6.04 Å². The van der Waals surface area contributed by atoms with Gasteiger partial charge in [0.25, 0.3) is 0 Å². The summed E-state index contributed by atoms with van der Waals surface area (Å²) >= 11 is 0. The van der Waals surface area contributed by atoms with Crippen LogP contribution < -0.4 is 0 Å². The fourth-order valence-electron chi connectivity index (χ4n) is 1.01. The lowest BCUT2D eigenvalue weighted by Crippen LogP contribution is -2.17. The van der Waals surface area contributed by atoms with Crippen LogP contribution in [0.3, 0.4) is 0 Å². The lowest BCUT2D eigenvalue weighted by atomic mass is 10.2. The molecule has 3 nitrogen and oxygen atoms in total. The molecule has 0 saturated carbocycles. The molecule has 0 aromatic carbocycles. The van der Waals surface area contributed by atoms with E-state index in [0.717, 1.165) is 12.2 Å². The third-order valence-electron chi connectivity index (χ3n) is 1.53. The standard InChI is InChI=1S/C7H7N3/c1-2-8-5-7-6(1)9-3-4-10-7/h1-4,7H,5H2. The number of aliphatic imine (C=N–C) groups is 3. The van der Waals surface area contributed by atoms with Crippen LogP contribution in [-0.2, 0) is 0 Å². The van der Waals surface area contributed by atoms with Crippen LogP contribution >= 0.6 is 0 Å². The topological polar surface area (TPSA) is 37.1 Å². The van der Waals surface area contributed by atoms with Crippen LogP contribution in [0.1, 0.15) is 0 Å². The second-order valence-corrected chi connectivity index (χ2v) is 2.20. The highest BCUT2D eigenvalue weighted by Crippen LogP contribution is 2.12. The maximum absolute atomic E-state index is 4.20. The lowest BCUT2D eigenvalue weighted by Gasteiger charge is -2.14. The molecule has 0 fully saturated rings. The Hall–Kier alpha value is -1.25. The van der Waals surface area contributed by atoms with Crippen molar-refractivity contribution in [2.45, 2.75) is 6.04 Å². The van der Waals surface area contributed by atoms with Gasteiger partial charge in [-0.05, 0) is 6.08 Å². The lowest BCUT2D eigenvalue weighted by molar-refractivity contribution is 0.767. The van der Waals surface area contributed by atoms with E-state index in [2.05, 4.69) is 15.0 Å². The van der Waals surface area contributed by atoms with Gasteiger partial charge in [-0.15, -0.1) is 0 Å². The van der Waals surface area contributed by atoms with E-state index in [9.17, 15) is 0 Å². The summed E-state index contributed by atoms with van der Waals surface area (Å²) in [4.78, 5) is 12.4. The van der Waals surface area contributed by atoms with Crippen molar-refractivity contribution in [1.29, 1.82) is 0 Å². The van der Waals surface area contributed by atoms with Crippen molar-refractivity contribution in [1.82, 2.24) is 0 Å². The molecule has 0 aromatic heterocycles. The summed E-state index contributed by atoms with van der Waals surface area (Å²) in [5, 5.41) is 0. The number of hydrogen-bond acceptors (Lipinski definition) is 3. The average Bonchev–Trinajstić information content (AvgIpc) is 2.05. The van der Waals surface area contributed by atoms with Crippen LogP contribution in [0, 0.1) is 0 Å². The summed E-state index contributed by atoms with van der Waals surface area (Å²) in [7, 11) is 0. The number of dihydropyridines is 1. The number of hydrogen-bond donors (Lipinski definition) is 0. The quantitative estimate of drug-likeness (QED) is 0.461. The van der Waals surface area contributed by atoms with E-state index in [4.69, 9.17) is 0 Å². The van der Waals surface area contributed by atoms with E-state index in [1.807, 2.05) is 6.08 Å². The van der Waals surface area contributed by atoms with Crippen LogP contribution in [0.4, 0.5) is 0 Å². The van der Waals surface area contributed by atoms with E-state index >= 15 is 0 Å². The molecule has 1 atom stereocenters. The third-order valence-corrected chi connectivity index (χ3v) is 1.53.